The predicted octanol–water partition coefficient (Wildman–Crippen LogP) is 2.03. The highest BCUT2D eigenvalue weighted by molar-refractivity contribution is 6.02. The summed E-state index contributed by atoms with van der Waals surface area (Å²) in [7, 11) is 0. The van der Waals surface area contributed by atoms with Crippen molar-refractivity contribution in [3.05, 3.63) is 30.1 Å². The molecule has 3 rings (SSSR count). The van der Waals surface area contributed by atoms with Gasteiger partial charge in [0.25, 0.3) is 0 Å². The van der Waals surface area contributed by atoms with Crippen molar-refractivity contribution in [2.24, 2.45) is 0 Å². The number of aromatic nitrogens is 2. The number of nitrogens with zero attached hydrogens (tertiary/aromatic N) is 3. The van der Waals surface area contributed by atoms with Gasteiger partial charge < -0.3 is 9.47 Å². The van der Waals surface area contributed by atoms with E-state index in [1.54, 1.807) is 10.7 Å². The average molecular weight is 317 g/mol. The molecule has 23 heavy (non-hydrogen) atoms. The summed E-state index contributed by atoms with van der Waals surface area (Å²) < 4.78 is 12.9. The van der Waals surface area contributed by atoms with Gasteiger partial charge in [-0.2, -0.15) is 5.10 Å². The van der Waals surface area contributed by atoms with E-state index in [1.165, 1.54) is 0 Å². The molecule has 0 bridgehead atoms. The van der Waals surface area contributed by atoms with E-state index in [2.05, 4.69) is 10.00 Å². The van der Waals surface area contributed by atoms with Gasteiger partial charge in [0.05, 0.1) is 36.7 Å². The number of ether oxygens (including phenoxy) is 2. The van der Waals surface area contributed by atoms with E-state index in [1.807, 2.05) is 25.3 Å². The van der Waals surface area contributed by atoms with Gasteiger partial charge in [-0.1, -0.05) is 6.92 Å². The maximum absolute atomic E-state index is 12.1. The smallest absolute Gasteiger partial charge is 0.166 e. The van der Waals surface area contributed by atoms with E-state index < -0.39 is 0 Å². The van der Waals surface area contributed by atoms with Crippen LogP contribution in [-0.4, -0.2) is 59.8 Å². The van der Waals surface area contributed by atoms with Crippen LogP contribution in [0.2, 0.25) is 0 Å². The lowest BCUT2D eigenvalue weighted by molar-refractivity contribution is 0.0322. The van der Waals surface area contributed by atoms with E-state index >= 15 is 0 Å². The van der Waals surface area contributed by atoms with Crippen LogP contribution in [0.3, 0.4) is 0 Å². The van der Waals surface area contributed by atoms with Gasteiger partial charge in [0.15, 0.2) is 5.78 Å². The quantitative estimate of drug-likeness (QED) is 0.731. The molecule has 0 saturated carbocycles. The zero-order chi connectivity index (χ0) is 16.1. The van der Waals surface area contributed by atoms with Crippen LogP contribution in [0.25, 0.3) is 5.52 Å². The van der Waals surface area contributed by atoms with Crippen LogP contribution in [0, 0.1) is 0 Å². The SMILES string of the molecule is CCCC(=O)c1cnn2cc(OCCN3CCOCC3)ccc12. The Bertz CT molecular complexity index is 662. The Morgan fingerprint density at radius 2 is 2.17 bits per heavy atom. The number of fused-ring (bicyclic) bond motifs is 1. The first kappa shape index (κ1) is 16.0. The normalized spacial score (nSPS) is 15.9. The highest BCUT2D eigenvalue weighted by Crippen LogP contribution is 2.18. The summed E-state index contributed by atoms with van der Waals surface area (Å²) in [5.74, 6) is 0.909. The Labute approximate surface area is 136 Å². The Kier molecular flexibility index (Phi) is 5.25. The number of carbonyl (C=O) groups excluding carboxylic acids is 1. The van der Waals surface area contributed by atoms with E-state index in [0.717, 1.165) is 50.5 Å². The van der Waals surface area contributed by atoms with Gasteiger partial charge in [-0.25, -0.2) is 4.52 Å². The molecule has 1 saturated heterocycles. The van der Waals surface area contributed by atoms with Crippen LogP contribution in [0.5, 0.6) is 5.75 Å². The Hall–Kier alpha value is -1.92. The zero-order valence-electron chi connectivity index (χ0n) is 13.5. The monoisotopic (exact) mass is 317 g/mol. The molecule has 2 aromatic heterocycles. The third-order valence-electron chi connectivity index (χ3n) is 4.05. The van der Waals surface area contributed by atoms with Crippen molar-refractivity contribution in [3.63, 3.8) is 0 Å². The van der Waals surface area contributed by atoms with Gasteiger partial charge in [0.2, 0.25) is 0 Å². The molecule has 0 radical (unpaired) electrons. The lowest BCUT2D eigenvalue weighted by atomic mass is 10.1. The number of hydrogen-bond donors (Lipinski definition) is 0. The third-order valence-corrected chi connectivity index (χ3v) is 4.05. The molecule has 0 atom stereocenters. The first-order chi connectivity index (χ1) is 11.3. The second kappa shape index (κ2) is 7.57. The minimum absolute atomic E-state index is 0.142. The van der Waals surface area contributed by atoms with Crippen molar-refractivity contribution in [2.45, 2.75) is 19.8 Å². The predicted molar refractivity (Wildman–Crippen MR) is 87.2 cm³/mol. The zero-order valence-corrected chi connectivity index (χ0v) is 13.5. The lowest BCUT2D eigenvalue weighted by Crippen LogP contribution is -2.38. The molecular formula is C17H23N3O3. The Morgan fingerprint density at radius 3 is 2.96 bits per heavy atom. The fourth-order valence-corrected chi connectivity index (χ4v) is 2.74. The number of carbonyl (C=O) groups is 1. The summed E-state index contributed by atoms with van der Waals surface area (Å²) in [6.45, 7) is 7.05. The molecule has 1 aliphatic heterocycles. The average Bonchev–Trinajstić information content (AvgIpc) is 2.99. The van der Waals surface area contributed by atoms with Crippen LogP contribution in [0.15, 0.2) is 24.5 Å². The summed E-state index contributed by atoms with van der Waals surface area (Å²) in [4.78, 5) is 14.4. The Morgan fingerprint density at radius 1 is 1.35 bits per heavy atom. The second-order valence-corrected chi connectivity index (χ2v) is 5.73. The molecule has 0 amide bonds. The molecule has 1 fully saturated rings. The van der Waals surface area contributed by atoms with Crippen molar-refractivity contribution in [2.75, 3.05) is 39.5 Å². The molecule has 0 N–H and O–H groups in total. The van der Waals surface area contributed by atoms with Crippen LogP contribution in [-0.2, 0) is 4.74 Å². The molecule has 3 heterocycles. The van der Waals surface area contributed by atoms with Crippen LogP contribution in [0.4, 0.5) is 0 Å². The molecule has 6 nitrogen and oxygen atoms in total. The number of Topliss-reactive ketones (excluding diaryl/α,β-unsaturated/α-hetero) is 1. The molecule has 0 aromatic carbocycles. The van der Waals surface area contributed by atoms with E-state index in [9.17, 15) is 4.79 Å². The van der Waals surface area contributed by atoms with Gasteiger partial charge in [0.1, 0.15) is 12.4 Å². The first-order valence-corrected chi connectivity index (χ1v) is 8.21. The summed E-state index contributed by atoms with van der Waals surface area (Å²) in [5.41, 5.74) is 1.52. The van der Waals surface area contributed by atoms with Gasteiger partial charge in [0, 0.05) is 26.1 Å². The summed E-state index contributed by atoms with van der Waals surface area (Å²) >= 11 is 0. The van der Waals surface area contributed by atoms with Crippen molar-refractivity contribution in [3.8, 4) is 5.75 Å². The largest absolute Gasteiger partial charge is 0.491 e. The molecule has 0 unspecified atom stereocenters. The van der Waals surface area contributed by atoms with E-state index in [4.69, 9.17) is 9.47 Å². The van der Waals surface area contributed by atoms with Crippen LogP contribution in [0.1, 0.15) is 30.1 Å². The third kappa shape index (κ3) is 3.89. The van der Waals surface area contributed by atoms with Crippen molar-refractivity contribution in [1.29, 1.82) is 0 Å². The first-order valence-electron chi connectivity index (χ1n) is 8.21. The van der Waals surface area contributed by atoms with Gasteiger partial charge >= 0.3 is 0 Å². The summed E-state index contributed by atoms with van der Waals surface area (Å²) in [5, 5.41) is 4.27. The van der Waals surface area contributed by atoms with Crippen LogP contribution < -0.4 is 4.74 Å². The molecule has 124 valence electrons. The molecule has 0 aliphatic carbocycles. The van der Waals surface area contributed by atoms with Crippen LogP contribution >= 0.6 is 0 Å². The minimum atomic E-state index is 0.142. The van der Waals surface area contributed by atoms with Gasteiger partial charge in [-0.05, 0) is 18.6 Å². The van der Waals surface area contributed by atoms with E-state index in [0.29, 0.717) is 18.6 Å². The van der Waals surface area contributed by atoms with E-state index in [-0.39, 0.29) is 5.78 Å². The second-order valence-electron chi connectivity index (χ2n) is 5.73. The standard InChI is InChI=1S/C17H23N3O3/c1-2-3-17(21)15-12-18-20-13-14(4-5-16(15)20)23-11-8-19-6-9-22-10-7-19/h4-5,12-13H,2-3,6-11H2,1H3. The maximum Gasteiger partial charge on any atom is 0.166 e. The molecule has 6 heteroatoms. The number of pyridine rings is 1. The highest BCUT2D eigenvalue weighted by atomic mass is 16.5. The van der Waals surface area contributed by atoms with Crippen molar-refractivity contribution < 1.29 is 14.3 Å². The number of morpholine rings is 1. The number of ketones is 1. The fraction of sp³-hybridized carbons (Fsp3) is 0.529. The molecule has 1 aliphatic rings. The minimum Gasteiger partial charge on any atom is -0.491 e. The van der Waals surface area contributed by atoms with Gasteiger partial charge in [-0.3, -0.25) is 9.69 Å². The van der Waals surface area contributed by atoms with Gasteiger partial charge in [-0.15, -0.1) is 0 Å². The topological polar surface area (TPSA) is 56.1 Å². The molecule has 0 spiro atoms. The summed E-state index contributed by atoms with van der Waals surface area (Å²) in [6.07, 6.45) is 4.88. The van der Waals surface area contributed by atoms with Crippen molar-refractivity contribution >= 4 is 11.3 Å². The lowest BCUT2D eigenvalue weighted by Gasteiger charge is -2.26. The molecular weight excluding hydrogens is 294 g/mol. The van der Waals surface area contributed by atoms with Crippen molar-refractivity contribution in [1.82, 2.24) is 14.5 Å². The fourth-order valence-electron chi connectivity index (χ4n) is 2.74. The Balaban J connectivity index is 1.60. The number of rotatable bonds is 7. The molecule has 2 aromatic rings. The summed E-state index contributed by atoms with van der Waals surface area (Å²) in [6, 6.07) is 3.80. The highest BCUT2D eigenvalue weighted by Gasteiger charge is 2.13. The maximum atomic E-state index is 12.1. The number of hydrogen-bond acceptors (Lipinski definition) is 5.